The van der Waals surface area contributed by atoms with Crippen LogP contribution in [0.2, 0.25) is 10.0 Å². The Bertz CT molecular complexity index is 1120. The Morgan fingerprint density at radius 2 is 1.80 bits per heavy atom. The predicted molar refractivity (Wildman–Crippen MR) is 124 cm³/mol. The zero-order chi connectivity index (χ0) is 21.3. The number of benzene rings is 2. The number of nitrogens with one attached hydrogen (secondary N) is 1. The smallest absolute Gasteiger partial charge is 0.197 e. The Hall–Kier alpha value is -1.85. The second-order valence-electron chi connectivity index (χ2n) is 8.20. The maximum Gasteiger partial charge on any atom is 0.197 e. The number of nitrogens with zero attached hydrogens (tertiary/aromatic N) is 1. The molecule has 4 rings (SSSR count). The van der Waals surface area contributed by atoms with Crippen molar-refractivity contribution in [2.45, 2.75) is 45.8 Å². The second-order valence-corrected chi connectivity index (χ2v) is 9.02. The maximum atomic E-state index is 12.8. The molecule has 0 saturated carbocycles. The zero-order valence-corrected chi connectivity index (χ0v) is 18.8. The van der Waals surface area contributed by atoms with Gasteiger partial charge in [0.2, 0.25) is 0 Å². The summed E-state index contributed by atoms with van der Waals surface area (Å²) in [6.45, 7) is 7.45. The van der Waals surface area contributed by atoms with Gasteiger partial charge < -0.3 is 9.73 Å². The van der Waals surface area contributed by atoms with Gasteiger partial charge in [-0.15, -0.1) is 0 Å². The van der Waals surface area contributed by atoms with E-state index in [1.807, 2.05) is 44.2 Å². The van der Waals surface area contributed by atoms with Crippen molar-refractivity contribution >= 4 is 34.2 Å². The van der Waals surface area contributed by atoms with Crippen molar-refractivity contribution in [3.8, 4) is 0 Å². The van der Waals surface area contributed by atoms with Crippen molar-refractivity contribution < 1.29 is 4.42 Å². The minimum absolute atomic E-state index is 0.0592. The number of likely N-dealkylation sites (tertiary alicyclic amines) is 1. The van der Waals surface area contributed by atoms with Crippen molar-refractivity contribution in [1.29, 1.82) is 0 Å². The minimum Gasteiger partial charge on any atom is -0.464 e. The van der Waals surface area contributed by atoms with Gasteiger partial charge in [0.25, 0.3) is 0 Å². The molecule has 0 amide bonds. The van der Waals surface area contributed by atoms with Crippen molar-refractivity contribution in [3.63, 3.8) is 0 Å². The number of halogens is 2. The van der Waals surface area contributed by atoms with Gasteiger partial charge in [-0.2, -0.15) is 0 Å². The Morgan fingerprint density at radius 3 is 2.53 bits per heavy atom. The normalized spacial score (nSPS) is 15.7. The van der Waals surface area contributed by atoms with Crippen molar-refractivity contribution in [1.82, 2.24) is 10.2 Å². The summed E-state index contributed by atoms with van der Waals surface area (Å²) in [7, 11) is 0. The highest BCUT2D eigenvalue weighted by molar-refractivity contribution is 6.42. The van der Waals surface area contributed by atoms with Gasteiger partial charge in [-0.3, -0.25) is 9.69 Å². The molecule has 0 bridgehead atoms. The standard InChI is InChI=1S/C24H26Cl2N2O2/c1-15-9-20-23(10-16(15)2)30-14-18(24(20)29)12-27-19-5-7-28(8-6-19)13-17-3-4-21(25)22(26)11-17/h3-4,9-11,14,19,27H,5-8,12-13H2,1-2H3. The lowest BCUT2D eigenvalue weighted by molar-refractivity contribution is 0.190. The number of hydrogen-bond acceptors (Lipinski definition) is 4. The number of aryl methyl sites for hydroxylation is 2. The van der Waals surface area contributed by atoms with Gasteiger partial charge in [0, 0.05) is 24.7 Å². The fraction of sp³-hybridized carbons (Fsp3) is 0.375. The highest BCUT2D eigenvalue weighted by atomic mass is 35.5. The first-order chi connectivity index (χ1) is 14.4. The Morgan fingerprint density at radius 1 is 1.07 bits per heavy atom. The Balaban J connectivity index is 1.33. The van der Waals surface area contributed by atoms with E-state index in [9.17, 15) is 4.79 Å². The molecule has 2 aromatic carbocycles. The Labute approximate surface area is 186 Å². The molecule has 1 N–H and O–H groups in total. The van der Waals surface area contributed by atoms with Gasteiger partial charge in [-0.1, -0.05) is 29.3 Å². The van der Waals surface area contributed by atoms with Gasteiger partial charge >= 0.3 is 0 Å². The minimum atomic E-state index is 0.0592. The molecule has 3 aromatic rings. The lowest BCUT2D eigenvalue weighted by Crippen LogP contribution is -2.42. The van der Waals surface area contributed by atoms with Gasteiger partial charge in [-0.25, -0.2) is 0 Å². The van der Waals surface area contributed by atoms with Crippen LogP contribution in [0.1, 0.15) is 35.1 Å². The molecule has 6 heteroatoms. The van der Waals surface area contributed by atoms with E-state index in [0.29, 0.717) is 39.2 Å². The van der Waals surface area contributed by atoms with Crippen LogP contribution in [-0.2, 0) is 13.1 Å². The molecule has 158 valence electrons. The first-order valence-electron chi connectivity index (χ1n) is 10.3. The summed E-state index contributed by atoms with van der Waals surface area (Å²) in [6, 6.07) is 10.1. The van der Waals surface area contributed by atoms with Crippen molar-refractivity contribution in [3.05, 3.63) is 79.1 Å². The van der Waals surface area contributed by atoms with E-state index in [1.54, 1.807) is 6.26 Å². The molecule has 0 spiro atoms. The highest BCUT2D eigenvalue weighted by Crippen LogP contribution is 2.24. The fourth-order valence-electron chi connectivity index (χ4n) is 3.99. The van der Waals surface area contributed by atoms with Crippen LogP contribution in [0.4, 0.5) is 0 Å². The first-order valence-corrected chi connectivity index (χ1v) is 11.1. The molecular formula is C24H26Cl2N2O2. The molecule has 4 nitrogen and oxygen atoms in total. The van der Waals surface area contributed by atoms with E-state index in [-0.39, 0.29) is 5.43 Å². The van der Waals surface area contributed by atoms with E-state index in [4.69, 9.17) is 27.6 Å². The van der Waals surface area contributed by atoms with Gasteiger partial charge in [-0.05, 0) is 80.7 Å². The van der Waals surface area contributed by atoms with Crippen LogP contribution in [0.3, 0.4) is 0 Å². The van der Waals surface area contributed by atoms with Crippen molar-refractivity contribution in [2.75, 3.05) is 13.1 Å². The van der Waals surface area contributed by atoms with Crippen LogP contribution < -0.4 is 10.7 Å². The monoisotopic (exact) mass is 444 g/mol. The molecule has 1 aliphatic heterocycles. The van der Waals surface area contributed by atoms with E-state index in [2.05, 4.69) is 10.2 Å². The van der Waals surface area contributed by atoms with Gasteiger partial charge in [0.1, 0.15) is 5.58 Å². The third-order valence-corrected chi connectivity index (χ3v) is 6.76. The highest BCUT2D eigenvalue weighted by Gasteiger charge is 2.20. The number of rotatable bonds is 5. The van der Waals surface area contributed by atoms with Gasteiger partial charge in [0.05, 0.1) is 21.7 Å². The van der Waals surface area contributed by atoms with Crippen LogP contribution in [0.15, 0.2) is 45.8 Å². The molecule has 1 saturated heterocycles. The number of piperidine rings is 1. The second kappa shape index (κ2) is 9.11. The SMILES string of the molecule is Cc1cc2occ(CNC3CCN(Cc4ccc(Cl)c(Cl)c4)CC3)c(=O)c2cc1C. The topological polar surface area (TPSA) is 45.5 Å². The largest absolute Gasteiger partial charge is 0.464 e. The van der Waals surface area contributed by atoms with Crippen LogP contribution in [0.25, 0.3) is 11.0 Å². The summed E-state index contributed by atoms with van der Waals surface area (Å²) in [4.78, 5) is 15.3. The molecule has 0 unspecified atom stereocenters. The van der Waals surface area contributed by atoms with E-state index in [1.165, 1.54) is 5.56 Å². The third kappa shape index (κ3) is 4.73. The molecule has 1 aromatic heterocycles. The molecule has 30 heavy (non-hydrogen) atoms. The summed E-state index contributed by atoms with van der Waals surface area (Å²) in [6.07, 6.45) is 3.68. The predicted octanol–water partition coefficient (Wildman–Crippen LogP) is 5.47. The quantitative estimate of drug-likeness (QED) is 0.566. The molecule has 1 fully saturated rings. The lowest BCUT2D eigenvalue weighted by Gasteiger charge is -2.32. The zero-order valence-electron chi connectivity index (χ0n) is 17.3. The number of hydrogen-bond donors (Lipinski definition) is 1. The average Bonchev–Trinajstić information content (AvgIpc) is 2.73. The van der Waals surface area contributed by atoms with Crippen LogP contribution in [0, 0.1) is 13.8 Å². The maximum absolute atomic E-state index is 12.8. The summed E-state index contributed by atoms with van der Waals surface area (Å²) in [5.41, 5.74) is 4.81. The molecule has 0 aliphatic carbocycles. The van der Waals surface area contributed by atoms with Gasteiger partial charge in [0.15, 0.2) is 5.43 Å². The van der Waals surface area contributed by atoms with Crippen LogP contribution in [-0.4, -0.2) is 24.0 Å². The first kappa shape index (κ1) is 21.4. The van der Waals surface area contributed by atoms with Crippen molar-refractivity contribution in [2.24, 2.45) is 0 Å². The lowest BCUT2D eigenvalue weighted by atomic mass is 10.0. The summed E-state index contributed by atoms with van der Waals surface area (Å²) in [5.74, 6) is 0. The third-order valence-electron chi connectivity index (χ3n) is 6.02. The molecular weight excluding hydrogens is 419 g/mol. The molecule has 2 heterocycles. The molecule has 0 atom stereocenters. The van der Waals surface area contributed by atoms with E-state index in [0.717, 1.165) is 43.6 Å². The summed E-state index contributed by atoms with van der Waals surface area (Å²) >= 11 is 12.1. The average molecular weight is 445 g/mol. The van der Waals surface area contributed by atoms with Crippen LogP contribution >= 0.6 is 23.2 Å². The van der Waals surface area contributed by atoms with E-state index < -0.39 is 0 Å². The fourth-order valence-corrected chi connectivity index (χ4v) is 4.31. The number of fused-ring (bicyclic) bond motifs is 1. The molecule has 0 radical (unpaired) electrons. The van der Waals surface area contributed by atoms with Crippen LogP contribution in [0.5, 0.6) is 0 Å². The molecule has 1 aliphatic rings. The summed E-state index contributed by atoms with van der Waals surface area (Å²) < 4.78 is 5.73. The van der Waals surface area contributed by atoms with E-state index >= 15 is 0 Å². The Kier molecular flexibility index (Phi) is 6.49. The summed E-state index contributed by atoms with van der Waals surface area (Å²) in [5, 5.41) is 5.40.